The van der Waals surface area contributed by atoms with E-state index < -0.39 is 0 Å². The fourth-order valence-electron chi connectivity index (χ4n) is 1.75. The van der Waals surface area contributed by atoms with Gasteiger partial charge in [-0.05, 0) is 46.4 Å². The third kappa shape index (κ3) is 3.99. The molecule has 2 rings (SSSR count). The van der Waals surface area contributed by atoms with Gasteiger partial charge in [-0.3, -0.25) is 0 Å². The largest absolute Gasteiger partial charge is 0.383 e. The first-order valence-corrected chi connectivity index (χ1v) is 6.97. The molecule has 1 aromatic heterocycles. The molecule has 0 saturated heterocycles. The Hall–Kier alpha value is -0.990. The smallest absolute Gasteiger partial charge is 0.123 e. The molecular formula is C13H15FIN3O. The monoisotopic (exact) mass is 375 g/mol. The first-order chi connectivity index (χ1) is 9.20. The van der Waals surface area contributed by atoms with Gasteiger partial charge in [-0.1, -0.05) is 0 Å². The van der Waals surface area contributed by atoms with Crippen LogP contribution in [0.5, 0.6) is 0 Å². The predicted molar refractivity (Wildman–Crippen MR) is 79.8 cm³/mol. The fraction of sp³-hybridized carbons (Fsp3) is 0.308. The molecule has 19 heavy (non-hydrogen) atoms. The van der Waals surface area contributed by atoms with E-state index in [0.717, 1.165) is 21.4 Å². The number of nitrogens with zero attached hydrogens (tertiary/aromatic N) is 2. The Labute approximate surface area is 125 Å². The van der Waals surface area contributed by atoms with Crippen LogP contribution in [0.3, 0.4) is 0 Å². The first-order valence-electron chi connectivity index (χ1n) is 5.89. The molecule has 2 aromatic rings. The molecule has 0 radical (unpaired) electrons. The Balaban J connectivity index is 2.18. The van der Waals surface area contributed by atoms with Gasteiger partial charge in [0, 0.05) is 26.4 Å². The Morgan fingerprint density at radius 2 is 2.32 bits per heavy atom. The van der Waals surface area contributed by atoms with Crippen molar-refractivity contribution in [2.24, 2.45) is 0 Å². The van der Waals surface area contributed by atoms with E-state index in [1.165, 1.54) is 12.1 Å². The molecule has 0 amide bonds. The van der Waals surface area contributed by atoms with E-state index in [2.05, 4.69) is 33.0 Å². The molecular weight excluding hydrogens is 360 g/mol. The van der Waals surface area contributed by atoms with Crippen molar-refractivity contribution < 1.29 is 9.13 Å². The van der Waals surface area contributed by atoms with Gasteiger partial charge >= 0.3 is 0 Å². The van der Waals surface area contributed by atoms with Crippen LogP contribution >= 0.6 is 22.6 Å². The van der Waals surface area contributed by atoms with Crippen LogP contribution in [0.15, 0.2) is 30.6 Å². The van der Waals surface area contributed by atoms with Crippen LogP contribution in [0.1, 0.15) is 5.56 Å². The minimum atomic E-state index is -0.242. The molecule has 0 aliphatic carbocycles. The number of methoxy groups -OCH3 is 1. The lowest BCUT2D eigenvalue weighted by Crippen LogP contribution is -2.19. The van der Waals surface area contributed by atoms with Crippen LogP contribution in [0, 0.1) is 9.39 Å². The molecule has 1 aromatic carbocycles. The van der Waals surface area contributed by atoms with Crippen LogP contribution in [0.25, 0.3) is 5.69 Å². The van der Waals surface area contributed by atoms with E-state index in [1.807, 2.05) is 6.20 Å². The van der Waals surface area contributed by atoms with Gasteiger partial charge in [0.05, 0.1) is 22.1 Å². The first kappa shape index (κ1) is 14.4. The van der Waals surface area contributed by atoms with Crippen LogP contribution < -0.4 is 5.32 Å². The Morgan fingerprint density at radius 1 is 1.47 bits per heavy atom. The van der Waals surface area contributed by atoms with E-state index in [1.54, 1.807) is 24.1 Å². The zero-order valence-electron chi connectivity index (χ0n) is 10.6. The number of hydrogen-bond donors (Lipinski definition) is 1. The van der Waals surface area contributed by atoms with Crippen molar-refractivity contribution in [2.45, 2.75) is 6.54 Å². The number of benzene rings is 1. The molecule has 6 heteroatoms. The molecule has 0 saturated carbocycles. The van der Waals surface area contributed by atoms with Crippen LogP contribution in [0.2, 0.25) is 0 Å². The second-order valence-electron chi connectivity index (χ2n) is 4.05. The summed E-state index contributed by atoms with van der Waals surface area (Å²) in [6.45, 7) is 1.93. The number of hydrogen-bond acceptors (Lipinski definition) is 3. The average molecular weight is 375 g/mol. The van der Waals surface area contributed by atoms with Gasteiger partial charge < -0.3 is 10.1 Å². The normalized spacial score (nSPS) is 10.9. The van der Waals surface area contributed by atoms with E-state index >= 15 is 0 Å². The Morgan fingerprint density at radius 3 is 3.00 bits per heavy atom. The highest BCUT2D eigenvalue weighted by atomic mass is 127. The summed E-state index contributed by atoms with van der Waals surface area (Å²) in [6, 6.07) is 4.72. The van der Waals surface area contributed by atoms with Crippen molar-refractivity contribution in [3.05, 3.63) is 45.5 Å². The maximum absolute atomic E-state index is 13.4. The molecule has 0 unspecified atom stereocenters. The van der Waals surface area contributed by atoms with Crippen LogP contribution in [-0.4, -0.2) is 30.0 Å². The minimum absolute atomic E-state index is 0.242. The van der Waals surface area contributed by atoms with Crippen molar-refractivity contribution in [2.75, 3.05) is 20.3 Å². The van der Waals surface area contributed by atoms with Gasteiger partial charge in [0.2, 0.25) is 0 Å². The molecule has 102 valence electrons. The number of rotatable bonds is 6. The van der Waals surface area contributed by atoms with Crippen molar-refractivity contribution in [1.29, 1.82) is 0 Å². The second kappa shape index (κ2) is 6.97. The summed E-state index contributed by atoms with van der Waals surface area (Å²) < 4.78 is 21.1. The summed E-state index contributed by atoms with van der Waals surface area (Å²) in [4.78, 5) is 0. The highest BCUT2D eigenvalue weighted by Gasteiger charge is 2.07. The molecule has 1 heterocycles. The van der Waals surface area contributed by atoms with Crippen LogP contribution in [0.4, 0.5) is 4.39 Å². The van der Waals surface area contributed by atoms with Gasteiger partial charge in [-0.25, -0.2) is 9.07 Å². The molecule has 0 fully saturated rings. The molecule has 0 aliphatic heterocycles. The number of aromatic nitrogens is 2. The molecule has 4 nitrogen and oxygen atoms in total. The lowest BCUT2D eigenvalue weighted by atomic mass is 10.1. The maximum atomic E-state index is 13.4. The third-order valence-electron chi connectivity index (χ3n) is 2.64. The number of halogens is 2. The van der Waals surface area contributed by atoms with Crippen molar-refractivity contribution >= 4 is 22.6 Å². The lowest BCUT2D eigenvalue weighted by Gasteiger charge is -2.10. The van der Waals surface area contributed by atoms with Crippen LogP contribution in [-0.2, 0) is 11.3 Å². The topological polar surface area (TPSA) is 39.1 Å². The fourth-order valence-corrected chi connectivity index (χ4v) is 2.14. The van der Waals surface area contributed by atoms with Gasteiger partial charge in [0.15, 0.2) is 0 Å². The van der Waals surface area contributed by atoms with E-state index in [9.17, 15) is 4.39 Å². The van der Waals surface area contributed by atoms with Crippen molar-refractivity contribution in [3.63, 3.8) is 0 Å². The van der Waals surface area contributed by atoms with E-state index in [4.69, 9.17) is 4.74 Å². The molecule has 0 atom stereocenters. The van der Waals surface area contributed by atoms with Crippen molar-refractivity contribution in [1.82, 2.24) is 15.1 Å². The Kier molecular flexibility index (Phi) is 5.29. The summed E-state index contributed by atoms with van der Waals surface area (Å²) in [7, 11) is 1.65. The van der Waals surface area contributed by atoms with Crippen molar-refractivity contribution in [3.8, 4) is 5.69 Å². The zero-order chi connectivity index (χ0) is 13.7. The summed E-state index contributed by atoms with van der Waals surface area (Å²) in [5.41, 5.74) is 1.75. The number of ether oxygens (including phenoxy) is 1. The summed E-state index contributed by atoms with van der Waals surface area (Å²) >= 11 is 2.20. The summed E-state index contributed by atoms with van der Waals surface area (Å²) in [5, 5.41) is 7.47. The zero-order valence-corrected chi connectivity index (χ0v) is 12.7. The molecule has 0 spiro atoms. The Bertz CT molecular complexity index is 544. The van der Waals surface area contributed by atoms with Gasteiger partial charge in [-0.15, -0.1) is 0 Å². The van der Waals surface area contributed by atoms with Gasteiger partial charge in [0.25, 0.3) is 0 Å². The maximum Gasteiger partial charge on any atom is 0.123 e. The molecule has 0 bridgehead atoms. The molecule has 0 aliphatic rings. The minimum Gasteiger partial charge on any atom is -0.383 e. The van der Waals surface area contributed by atoms with E-state index in [0.29, 0.717) is 13.2 Å². The highest BCUT2D eigenvalue weighted by Crippen LogP contribution is 2.17. The predicted octanol–water partition coefficient (Wildman–Crippen LogP) is 2.35. The number of nitrogens with one attached hydrogen (secondary N) is 1. The summed E-state index contributed by atoms with van der Waals surface area (Å²) in [6.07, 6.45) is 3.68. The SMILES string of the molecule is COCCNCc1cc(F)ccc1-n1cc(I)cn1. The third-order valence-corrected chi connectivity index (χ3v) is 3.19. The van der Waals surface area contributed by atoms with E-state index in [-0.39, 0.29) is 5.82 Å². The lowest BCUT2D eigenvalue weighted by molar-refractivity contribution is 0.199. The second-order valence-corrected chi connectivity index (χ2v) is 5.29. The van der Waals surface area contributed by atoms with Gasteiger partial charge in [0.1, 0.15) is 5.82 Å². The average Bonchev–Trinajstić information content (AvgIpc) is 2.81. The standard InChI is InChI=1S/C13H15FIN3O/c1-19-5-4-16-7-10-6-11(14)2-3-13(10)18-9-12(15)8-17-18/h2-3,6,8-9,16H,4-5,7H2,1H3. The van der Waals surface area contributed by atoms with Gasteiger partial charge in [-0.2, -0.15) is 5.10 Å². The summed E-state index contributed by atoms with van der Waals surface area (Å²) in [5.74, 6) is -0.242. The quantitative estimate of drug-likeness (QED) is 0.623. The molecule has 1 N–H and O–H groups in total. The highest BCUT2D eigenvalue weighted by molar-refractivity contribution is 14.1.